The van der Waals surface area contributed by atoms with Gasteiger partial charge in [0.05, 0.1) is 6.17 Å². The van der Waals surface area contributed by atoms with Crippen LogP contribution < -0.4 is 10.6 Å². The van der Waals surface area contributed by atoms with Gasteiger partial charge in [-0.1, -0.05) is 32.6 Å². The maximum absolute atomic E-state index is 4.42. The van der Waals surface area contributed by atoms with Crippen molar-refractivity contribution >= 4 is 0 Å². The van der Waals surface area contributed by atoms with Crippen molar-refractivity contribution in [3.05, 3.63) is 0 Å². The van der Waals surface area contributed by atoms with Gasteiger partial charge in [-0.15, -0.1) is 0 Å². The Morgan fingerprint density at radius 1 is 1.36 bits per heavy atom. The first-order valence-corrected chi connectivity index (χ1v) is 4.83. The van der Waals surface area contributed by atoms with E-state index in [0.717, 1.165) is 13.1 Å². The zero-order valence-corrected chi connectivity index (χ0v) is 7.47. The highest BCUT2D eigenvalue weighted by atomic mass is 15.2. The molecule has 1 rings (SSSR count). The SMILES string of the molecule is CCCCCCC1[N]CCN1. The van der Waals surface area contributed by atoms with E-state index in [-0.39, 0.29) is 0 Å². The van der Waals surface area contributed by atoms with Crippen molar-refractivity contribution < 1.29 is 0 Å². The highest BCUT2D eigenvalue weighted by molar-refractivity contribution is 4.71. The van der Waals surface area contributed by atoms with Gasteiger partial charge in [0.15, 0.2) is 0 Å². The lowest BCUT2D eigenvalue weighted by Crippen LogP contribution is -2.26. The first kappa shape index (κ1) is 9.01. The van der Waals surface area contributed by atoms with Crippen LogP contribution in [-0.2, 0) is 0 Å². The van der Waals surface area contributed by atoms with Crippen molar-refractivity contribution in [2.75, 3.05) is 13.1 Å². The molecule has 0 aromatic carbocycles. The quantitative estimate of drug-likeness (QED) is 0.598. The fourth-order valence-corrected chi connectivity index (χ4v) is 1.47. The number of nitrogens with zero attached hydrogens (tertiary/aromatic N) is 1. The van der Waals surface area contributed by atoms with Gasteiger partial charge in [0.1, 0.15) is 0 Å². The van der Waals surface area contributed by atoms with Crippen molar-refractivity contribution in [1.82, 2.24) is 10.6 Å². The Balaban J connectivity index is 1.86. The molecule has 65 valence electrons. The molecule has 1 unspecified atom stereocenters. The Morgan fingerprint density at radius 2 is 2.27 bits per heavy atom. The standard InChI is InChI=1S/C9H19N2/c1-2-3-4-5-6-9-10-7-8-11-9/h9-10H,2-8H2,1H3. The van der Waals surface area contributed by atoms with Crippen LogP contribution in [-0.4, -0.2) is 19.3 Å². The molecule has 1 radical (unpaired) electrons. The molecule has 11 heavy (non-hydrogen) atoms. The molecular formula is C9H19N2. The lowest BCUT2D eigenvalue weighted by molar-refractivity contribution is 0.473. The van der Waals surface area contributed by atoms with Crippen molar-refractivity contribution in [1.29, 1.82) is 0 Å². The summed E-state index contributed by atoms with van der Waals surface area (Å²) >= 11 is 0. The molecule has 1 saturated heterocycles. The maximum Gasteiger partial charge on any atom is 0.0736 e. The molecule has 0 saturated carbocycles. The Hall–Kier alpha value is -0.0800. The van der Waals surface area contributed by atoms with E-state index in [0.29, 0.717) is 6.17 Å². The van der Waals surface area contributed by atoms with Crippen molar-refractivity contribution in [3.63, 3.8) is 0 Å². The average Bonchev–Trinajstić information content (AvgIpc) is 2.50. The summed E-state index contributed by atoms with van der Waals surface area (Å²) in [4.78, 5) is 0. The summed E-state index contributed by atoms with van der Waals surface area (Å²) in [5.41, 5.74) is 0. The van der Waals surface area contributed by atoms with Gasteiger partial charge < -0.3 is 0 Å². The molecule has 0 aromatic rings. The van der Waals surface area contributed by atoms with Crippen LogP contribution in [0.5, 0.6) is 0 Å². The monoisotopic (exact) mass is 155 g/mol. The average molecular weight is 155 g/mol. The fraction of sp³-hybridized carbons (Fsp3) is 1.00. The topological polar surface area (TPSA) is 26.1 Å². The second-order valence-corrected chi connectivity index (χ2v) is 3.23. The van der Waals surface area contributed by atoms with Gasteiger partial charge in [0, 0.05) is 13.1 Å². The molecule has 0 amide bonds. The lowest BCUT2D eigenvalue weighted by atomic mass is 10.1. The molecule has 0 aliphatic carbocycles. The third-order valence-corrected chi connectivity index (χ3v) is 2.17. The predicted molar refractivity (Wildman–Crippen MR) is 47.6 cm³/mol. The number of nitrogens with one attached hydrogen (secondary N) is 1. The third-order valence-electron chi connectivity index (χ3n) is 2.17. The minimum atomic E-state index is 0.492. The third kappa shape index (κ3) is 3.73. The number of hydrogen-bond acceptors (Lipinski definition) is 1. The van der Waals surface area contributed by atoms with Gasteiger partial charge in [0.2, 0.25) is 0 Å². The lowest BCUT2D eigenvalue weighted by Gasteiger charge is -2.07. The molecule has 0 spiro atoms. The second-order valence-electron chi connectivity index (χ2n) is 3.23. The Bertz CT molecular complexity index is 87.6. The molecule has 1 aliphatic rings. The van der Waals surface area contributed by atoms with E-state index in [1.165, 1.54) is 32.1 Å². The largest absolute Gasteiger partial charge is 0.299 e. The Morgan fingerprint density at radius 3 is 2.91 bits per heavy atom. The molecule has 1 fully saturated rings. The van der Waals surface area contributed by atoms with Crippen LogP contribution in [0.15, 0.2) is 0 Å². The number of unbranched alkanes of at least 4 members (excludes halogenated alkanes) is 3. The first-order valence-electron chi connectivity index (χ1n) is 4.83. The van der Waals surface area contributed by atoms with E-state index in [1.807, 2.05) is 0 Å². The zero-order valence-electron chi connectivity index (χ0n) is 7.47. The summed E-state index contributed by atoms with van der Waals surface area (Å²) in [7, 11) is 0. The zero-order chi connectivity index (χ0) is 7.94. The van der Waals surface area contributed by atoms with Crippen LogP contribution in [0.1, 0.15) is 39.0 Å². The van der Waals surface area contributed by atoms with Gasteiger partial charge in [-0.3, -0.25) is 5.32 Å². The Kier molecular flexibility index (Phi) is 4.55. The minimum Gasteiger partial charge on any atom is -0.299 e. The first-order chi connectivity index (χ1) is 5.43. The summed E-state index contributed by atoms with van der Waals surface area (Å²) in [5, 5.41) is 7.79. The molecule has 0 aromatic heterocycles. The van der Waals surface area contributed by atoms with E-state index < -0.39 is 0 Å². The van der Waals surface area contributed by atoms with E-state index >= 15 is 0 Å². The summed E-state index contributed by atoms with van der Waals surface area (Å²) in [5.74, 6) is 0. The fourth-order valence-electron chi connectivity index (χ4n) is 1.47. The summed E-state index contributed by atoms with van der Waals surface area (Å²) in [6, 6.07) is 0. The van der Waals surface area contributed by atoms with Gasteiger partial charge in [-0.25, -0.2) is 5.32 Å². The van der Waals surface area contributed by atoms with Crippen molar-refractivity contribution in [2.24, 2.45) is 0 Å². The van der Waals surface area contributed by atoms with E-state index in [2.05, 4.69) is 17.6 Å². The van der Waals surface area contributed by atoms with Crippen LogP contribution in [0.2, 0.25) is 0 Å². The molecule has 2 nitrogen and oxygen atoms in total. The van der Waals surface area contributed by atoms with Crippen LogP contribution >= 0.6 is 0 Å². The molecule has 1 N–H and O–H groups in total. The Labute approximate surface area is 69.8 Å². The van der Waals surface area contributed by atoms with Gasteiger partial charge in [0.25, 0.3) is 0 Å². The van der Waals surface area contributed by atoms with E-state index in [1.54, 1.807) is 0 Å². The van der Waals surface area contributed by atoms with Crippen molar-refractivity contribution in [3.8, 4) is 0 Å². The number of hydrogen-bond donors (Lipinski definition) is 1. The molecule has 1 atom stereocenters. The molecule has 0 bridgehead atoms. The van der Waals surface area contributed by atoms with Crippen molar-refractivity contribution in [2.45, 2.75) is 45.2 Å². The van der Waals surface area contributed by atoms with Gasteiger partial charge >= 0.3 is 0 Å². The summed E-state index contributed by atoms with van der Waals surface area (Å²) in [6.07, 6.45) is 7.17. The van der Waals surface area contributed by atoms with E-state index in [4.69, 9.17) is 0 Å². The van der Waals surface area contributed by atoms with Gasteiger partial charge in [-0.2, -0.15) is 0 Å². The minimum absolute atomic E-state index is 0.492. The molecule has 1 aliphatic heterocycles. The molecule has 2 heteroatoms. The highest BCUT2D eigenvalue weighted by Gasteiger charge is 2.12. The molecule has 1 heterocycles. The second kappa shape index (κ2) is 5.56. The van der Waals surface area contributed by atoms with Gasteiger partial charge in [-0.05, 0) is 6.42 Å². The van der Waals surface area contributed by atoms with Crippen LogP contribution in [0.4, 0.5) is 0 Å². The van der Waals surface area contributed by atoms with E-state index in [9.17, 15) is 0 Å². The van der Waals surface area contributed by atoms with Crippen LogP contribution in [0, 0.1) is 0 Å². The summed E-state index contributed by atoms with van der Waals surface area (Å²) < 4.78 is 0. The number of rotatable bonds is 5. The maximum atomic E-state index is 4.42. The normalized spacial score (nSPS) is 19.4. The smallest absolute Gasteiger partial charge is 0.0736 e. The van der Waals surface area contributed by atoms with Crippen LogP contribution in [0.3, 0.4) is 0 Å². The molecular weight excluding hydrogens is 136 g/mol. The van der Waals surface area contributed by atoms with Crippen LogP contribution in [0.25, 0.3) is 0 Å². The highest BCUT2D eigenvalue weighted by Crippen LogP contribution is 2.05. The predicted octanol–water partition coefficient (Wildman–Crippen LogP) is 1.49. The summed E-state index contributed by atoms with van der Waals surface area (Å²) in [6.45, 7) is 4.37.